The summed E-state index contributed by atoms with van der Waals surface area (Å²) in [6.07, 6.45) is 0.901. The van der Waals surface area contributed by atoms with Crippen LogP contribution >= 0.6 is 0 Å². The second kappa shape index (κ2) is 4.44. The Morgan fingerprint density at radius 2 is 2.05 bits per heavy atom. The first kappa shape index (κ1) is 13.3. The summed E-state index contributed by atoms with van der Waals surface area (Å²) in [7, 11) is 0. The first-order chi connectivity index (χ1) is 9.90. The van der Waals surface area contributed by atoms with Crippen LogP contribution in [0.15, 0.2) is 17.1 Å². The van der Waals surface area contributed by atoms with Crippen molar-refractivity contribution >= 4 is 17.1 Å². The van der Waals surface area contributed by atoms with E-state index in [0.29, 0.717) is 0 Å². The van der Waals surface area contributed by atoms with E-state index in [9.17, 15) is 23.5 Å². The SMILES string of the molecule is O=C(O)Oc1cn(C2CC2)c2cc(F)c(F)c(O)c2c1=O. The minimum atomic E-state index is -1.71. The first-order valence-corrected chi connectivity index (χ1v) is 6.06. The number of nitrogens with zero attached hydrogens (tertiary/aromatic N) is 1. The highest BCUT2D eigenvalue weighted by atomic mass is 19.2. The molecular formula is C13H9F2NO5. The molecule has 0 saturated heterocycles. The standard InChI is InChI=1S/C13H9F2NO5/c14-6-3-7-9(12(18)10(6)15)11(17)8(21-13(19)20)4-16(7)5-1-2-5/h3-5,18H,1-2H2,(H,19,20). The van der Waals surface area contributed by atoms with Crippen molar-refractivity contribution in [2.45, 2.75) is 18.9 Å². The first-order valence-electron chi connectivity index (χ1n) is 6.06. The summed E-state index contributed by atoms with van der Waals surface area (Å²) in [5.74, 6) is -4.57. The van der Waals surface area contributed by atoms with Crippen LogP contribution in [0.4, 0.5) is 13.6 Å². The van der Waals surface area contributed by atoms with Crippen molar-refractivity contribution in [3.05, 3.63) is 34.1 Å². The van der Waals surface area contributed by atoms with Gasteiger partial charge in [0.2, 0.25) is 11.2 Å². The predicted molar refractivity (Wildman–Crippen MR) is 66.7 cm³/mol. The molecule has 0 unspecified atom stereocenters. The Labute approximate surface area is 115 Å². The molecule has 21 heavy (non-hydrogen) atoms. The van der Waals surface area contributed by atoms with Crippen LogP contribution in [0.25, 0.3) is 10.9 Å². The molecule has 0 radical (unpaired) electrons. The molecule has 1 fully saturated rings. The molecule has 1 heterocycles. The van der Waals surface area contributed by atoms with Gasteiger partial charge in [-0.25, -0.2) is 9.18 Å². The van der Waals surface area contributed by atoms with Gasteiger partial charge in [-0.3, -0.25) is 4.79 Å². The summed E-state index contributed by atoms with van der Waals surface area (Å²) < 4.78 is 32.7. The Balaban J connectivity index is 2.41. The second-order valence-electron chi connectivity index (χ2n) is 4.74. The average Bonchev–Trinajstić information content (AvgIpc) is 3.23. The van der Waals surface area contributed by atoms with Gasteiger partial charge in [-0.15, -0.1) is 0 Å². The summed E-state index contributed by atoms with van der Waals surface area (Å²) in [6, 6.07) is 0.725. The number of aromatic hydroxyl groups is 1. The number of phenols is 1. The average molecular weight is 297 g/mol. The zero-order chi connectivity index (χ0) is 15.3. The van der Waals surface area contributed by atoms with Crippen molar-refractivity contribution < 1.29 is 28.5 Å². The minimum Gasteiger partial charge on any atom is -0.504 e. The molecule has 2 N–H and O–H groups in total. The summed E-state index contributed by atoms with van der Waals surface area (Å²) in [5, 5.41) is 17.8. The number of pyridine rings is 1. The summed E-state index contributed by atoms with van der Waals surface area (Å²) in [6.45, 7) is 0. The number of carboxylic acid groups (broad SMARTS) is 1. The lowest BCUT2D eigenvalue weighted by atomic mass is 10.1. The number of phenolic OH excluding ortho intramolecular Hbond substituents is 1. The van der Waals surface area contributed by atoms with Crippen LogP contribution in [0.3, 0.4) is 0 Å². The number of hydrogen-bond donors (Lipinski definition) is 2. The van der Waals surface area contributed by atoms with Crippen LogP contribution in [-0.2, 0) is 0 Å². The van der Waals surface area contributed by atoms with Gasteiger partial charge in [-0.1, -0.05) is 0 Å². The maximum Gasteiger partial charge on any atom is 0.511 e. The fourth-order valence-electron chi connectivity index (χ4n) is 2.23. The van der Waals surface area contributed by atoms with Crippen LogP contribution < -0.4 is 10.2 Å². The molecule has 2 aromatic rings. The van der Waals surface area contributed by atoms with Gasteiger partial charge in [0.05, 0.1) is 17.1 Å². The molecule has 1 saturated carbocycles. The van der Waals surface area contributed by atoms with Crippen molar-refractivity contribution in [2.75, 3.05) is 0 Å². The van der Waals surface area contributed by atoms with E-state index in [1.165, 1.54) is 4.57 Å². The molecule has 0 amide bonds. The third-order valence-electron chi connectivity index (χ3n) is 3.30. The zero-order valence-electron chi connectivity index (χ0n) is 10.5. The predicted octanol–water partition coefficient (Wildman–Crippen LogP) is 2.38. The van der Waals surface area contributed by atoms with E-state index < -0.39 is 40.1 Å². The highest BCUT2D eigenvalue weighted by molar-refractivity contribution is 5.87. The number of halogens is 2. The van der Waals surface area contributed by atoms with Gasteiger partial charge in [0.1, 0.15) is 0 Å². The fraction of sp³-hybridized carbons (Fsp3) is 0.231. The zero-order valence-corrected chi connectivity index (χ0v) is 10.5. The lowest BCUT2D eigenvalue weighted by Gasteiger charge is -2.13. The number of rotatable bonds is 2. The lowest BCUT2D eigenvalue weighted by molar-refractivity contribution is 0.143. The largest absolute Gasteiger partial charge is 0.511 e. The van der Waals surface area contributed by atoms with Gasteiger partial charge in [0.25, 0.3) is 0 Å². The molecule has 1 aromatic heterocycles. The van der Waals surface area contributed by atoms with Gasteiger partial charge < -0.3 is 19.5 Å². The van der Waals surface area contributed by atoms with Crippen molar-refractivity contribution in [3.63, 3.8) is 0 Å². The Bertz CT molecular complexity index is 826. The topological polar surface area (TPSA) is 88.8 Å². The van der Waals surface area contributed by atoms with E-state index in [1.54, 1.807) is 0 Å². The molecule has 1 aliphatic rings. The van der Waals surface area contributed by atoms with E-state index in [2.05, 4.69) is 4.74 Å². The summed E-state index contributed by atoms with van der Waals surface area (Å²) >= 11 is 0. The molecule has 6 nitrogen and oxygen atoms in total. The van der Waals surface area contributed by atoms with Gasteiger partial charge >= 0.3 is 6.16 Å². The molecular weight excluding hydrogens is 288 g/mol. The van der Waals surface area contributed by atoms with Crippen molar-refractivity contribution in [2.24, 2.45) is 0 Å². The number of carbonyl (C=O) groups is 1. The Morgan fingerprint density at radius 1 is 1.38 bits per heavy atom. The Hall–Kier alpha value is -2.64. The summed E-state index contributed by atoms with van der Waals surface area (Å²) in [4.78, 5) is 22.7. The Kier molecular flexibility index (Phi) is 2.82. The van der Waals surface area contributed by atoms with Crippen LogP contribution in [0.2, 0.25) is 0 Å². The maximum atomic E-state index is 13.5. The van der Waals surface area contributed by atoms with Gasteiger partial charge in [0.15, 0.2) is 17.3 Å². The second-order valence-corrected chi connectivity index (χ2v) is 4.74. The fourth-order valence-corrected chi connectivity index (χ4v) is 2.23. The van der Waals surface area contributed by atoms with E-state index in [1.807, 2.05) is 0 Å². The van der Waals surface area contributed by atoms with Gasteiger partial charge in [-0.05, 0) is 12.8 Å². The lowest BCUT2D eigenvalue weighted by Crippen LogP contribution is -2.16. The molecule has 1 aromatic carbocycles. The van der Waals surface area contributed by atoms with E-state index >= 15 is 0 Å². The summed E-state index contributed by atoms with van der Waals surface area (Å²) in [5.41, 5.74) is -1.02. The molecule has 0 aliphatic heterocycles. The smallest absolute Gasteiger partial charge is 0.504 e. The molecule has 0 bridgehead atoms. The van der Waals surface area contributed by atoms with E-state index in [4.69, 9.17) is 5.11 Å². The molecule has 0 spiro atoms. The third-order valence-corrected chi connectivity index (χ3v) is 3.30. The van der Waals surface area contributed by atoms with E-state index in [0.717, 1.165) is 25.1 Å². The molecule has 1 aliphatic carbocycles. The van der Waals surface area contributed by atoms with Crippen LogP contribution in [0, 0.1) is 11.6 Å². The number of fused-ring (bicyclic) bond motifs is 1. The van der Waals surface area contributed by atoms with Crippen LogP contribution in [-0.4, -0.2) is 20.9 Å². The van der Waals surface area contributed by atoms with Crippen molar-refractivity contribution in [1.29, 1.82) is 0 Å². The molecule has 0 atom stereocenters. The molecule has 3 rings (SSSR count). The van der Waals surface area contributed by atoms with Gasteiger partial charge in [0, 0.05) is 12.1 Å². The quantitative estimate of drug-likeness (QED) is 0.831. The van der Waals surface area contributed by atoms with Crippen molar-refractivity contribution in [1.82, 2.24) is 4.57 Å². The van der Waals surface area contributed by atoms with Crippen LogP contribution in [0.5, 0.6) is 11.5 Å². The molecule has 110 valence electrons. The van der Waals surface area contributed by atoms with Crippen molar-refractivity contribution in [3.8, 4) is 11.5 Å². The van der Waals surface area contributed by atoms with E-state index in [-0.39, 0.29) is 11.6 Å². The normalized spacial score (nSPS) is 14.4. The highest BCUT2D eigenvalue weighted by Gasteiger charge is 2.28. The number of aromatic nitrogens is 1. The Morgan fingerprint density at radius 3 is 2.62 bits per heavy atom. The highest BCUT2D eigenvalue weighted by Crippen LogP contribution is 2.39. The number of hydrogen-bond acceptors (Lipinski definition) is 4. The third kappa shape index (κ3) is 2.08. The number of benzene rings is 1. The van der Waals surface area contributed by atoms with Gasteiger partial charge in [-0.2, -0.15) is 4.39 Å². The monoisotopic (exact) mass is 297 g/mol. The number of ether oxygens (including phenoxy) is 1. The minimum absolute atomic E-state index is 0.00311. The van der Waals surface area contributed by atoms with Crippen LogP contribution in [0.1, 0.15) is 18.9 Å². The molecule has 8 heteroatoms. The maximum absolute atomic E-state index is 13.5.